The molecule has 0 fully saturated rings. The Labute approximate surface area is 187 Å². The van der Waals surface area contributed by atoms with Gasteiger partial charge in [-0.05, 0) is 54.8 Å². The van der Waals surface area contributed by atoms with Crippen molar-refractivity contribution in [1.82, 2.24) is 24.0 Å². The third-order valence-electron chi connectivity index (χ3n) is 5.59. The van der Waals surface area contributed by atoms with Crippen LogP contribution in [0.2, 0.25) is 0 Å². The molecule has 0 aliphatic heterocycles. The van der Waals surface area contributed by atoms with Gasteiger partial charge in [-0.2, -0.15) is 0 Å². The van der Waals surface area contributed by atoms with E-state index in [2.05, 4.69) is 31.6 Å². The summed E-state index contributed by atoms with van der Waals surface area (Å²) in [6, 6.07) is 13.5. The van der Waals surface area contributed by atoms with Crippen LogP contribution in [-0.4, -0.2) is 43.7 Å². The van der Waals surface area contributed by atoms with Crippen LogP contribution in [0.4, 0.5) is 0 Å². The van der Waals surface area contributed by atoms with Gasteiger partial charge in [0, 0.05) is 69.5 Å². The van der Waals surface area contributed by atoms with Crippen molar-refractivity contribution in [3.05, 3.63) is 89.5 Å². The summed E-state index contributed by atoms with van der Waals surface area (Å²) in [5.74, 6) is 0.831. The molecule has 3 heterocycles. The van der Waals surface area contributed by atoms with Crippen LogP contribution in [0.25, 0.3) is 10.9 Å². The molecule has 4 rings (SSSR count). The number of nitrogens with zero attached hydrogens (tertiary/aromatic N) is 5. The first-order chi connectivity index (χ1) is 15.7. The number of aryl methyl sites for hydroxylation is 2. The molecule has 3 aromatic heterocycles. The van der Waals surface area contributed by atoms with Crippen LogP contribution in [0.5, 0.6) is 5.75 Å². The molecule has 0 bridgehead atoms. The topological polar surface area (TPSA) is 65.2 Å². The van der Waals surface area contributed by atoms with Gasteiger partial charge in [0.2, 0.25) is 0 Å². The molecule has 0 spiro atoms. The van der Waals surface area contributed by atoms with E-state index >= 15 is 0 Å². The lowest BCUT2D eigenvalue weighted by Gasteiger charge is -2.22. The minimum Gasteiger partial charge on any atom is -0.494 e. The van der Waals surface area contributed by atoms with E-state index in [4.69, 9.17) is 4.74 Å². The van der Waals surface area contributed by atoms with Crippen molar-refractivity contribution in [2.75, 3.05) is 19.7 Å². The predicted molar refractivity (Wildman–Crippen MR) is 126 cm³/mol. The molecule has 0 aliphatic rings. The van der Waals surface area contributed by atoms with E-state index in [1.165, 1.54) is 5.56 Å². The van der Waals surface area contributed by atoms with Crippen molar-refractivity contribution in [3.8, 4) is 5.75 Å². The fourth-order valence-electron chi connectivity index (χ4n) is 3.84. The maximum atomic E-state index is 11.8. The Morgan fingerprint density at radius 2 is 1.81 bits per heavy atom. The first kappa shape index (κ1) is 21.8. The summed E-state index contributed by atoms with van der Waals surface area (Å²) in [5.41, 5.74) is 2.17. The zero-order valence-electron chi connectivity index (χ0n) is 18.4. The molecule has 0 amide bonds. The van der Waals surface area contributed by atoms with Crippen LogP contribution in [0, 0.1) is 0 Å². The van der Waals surface area contributed by atoms with Gasteiger partial charge in [-0.15, -0.1) is 0 Å². The maximum Gasteiger partial charge on any atom is 0.250 e. The van der Waals surface area contributed by atoms with Crippen molar-refractivity contribution in [2.24, 2.45) is 7.05 Å². The van der Waals surface area contributed by atoms with Gasteiger partial charge in [0.15, 0.2) is 0 Å². The summed E-state index contributed by atoms with van der Waals surface area (Å²) in [5, 5.41) is 1.00. The lowest BCUT2D eigenvalue weighted by Crippen LogP contribution is -2.27. The Morgan fingerprint density at radius 3 is 2.62 bits per heavy atom. The van der Waals surface area contributed by atoms with Gasteiger partial charge in [-0.25, -0.2) is 4.98 Å². The second-order valence-electron chi connectivity index (χ2n) is 7.94. The summed E-state index contributed by atoms with van der Waals surface area (Å²) in [4.78, 5) is 22.5. The van der Waals surface area contributed by atoms with E-state index in [0.717, 1.165) is 55.7 Å². The molecule has 0 saturated heterocycles. The van der Waals surface area contributed by atoms with E-state index in [-0.39, 0.29) is 5.56 Å². The van der Waals surface area contributed by atoms with E-state index < -0.39 is 0 Å². The molecule has 0 aliphatic carbocycles. The standard InChI is InChI=1S/C25H29N5O2/c1-28-24-6-5-23(18-22(24)4-7-25(28)31)32-17-3-15-29(19-21-8-10-26-11-9-21)13-2-14-30-16-12-27-20-30/h4-12,16,18,20H,2-3,13-15,17,19H2,1H3. The molecular formula is C25H29N5O2. The fraction of sp³-hybridized carbons (Fsp3) is 0.320. The maximum absolute atomic E-state index is 11.8. The number of pyridine rings is 2. The third kappa shape index (κ3) is 5.82. The molecule has 0 unspecified atom stereocenters. The zero-order valence-corrected chi connectivity index (χ0v) is 18.4. The molecule has 0 atom stereocenters. The Bertz CT molecular complexity index is 1170. The van der Waals surface area contributed by atoms with Crippen LogP contribution in [0.15, 0.2) is 78.4 Å². The van der Waals surface area contributed by atoms with Crippen LogP contribution < -0.4 is 10.3 Å². The summed E-state index contributed by atoms with van der Waals surface area (Å²) in [6.45, 7) is 4.46. The summed E-state index contributed by atoms with van der Waals surface area (Å²) in [6.07, 6.45) is 11.4. The number of imidazole rings is 1. The second kappa shape index (κ2) is 10.7. The monoisotopic (exact) mass is 431 g/mol. The minimum absolute atomic E-state index is 0.00602. The molecule has 7 heteroatoms. The molecule has 32 heavy (non-hydrogen) atoms. The Hall–Kier alpha value is -3.45. The molecule has 7 nitrogen and oxygen atoms in total. The fourth-order valence-corrected chi connectivity index (χ4v) is 3.84. The van der Waals surface area contributed by atoms with E-state index in [1.807, 2.05) is 55.4 Å². The number of fused-ring (bicyclic) bond motifs is 1. The predicted octanol–water partition coefficient (Wildman–Crippen LogP) is 3.49. The van der Waals surface area contributed by atoms with E-state index in [9.17, 15) is 4.79 Å². The smallest absolute Gasteiger partial charge is 0.250 e. The molecule has 0 N–H and O–H groups in total. The van der Waals surface area contributed by atoms with Crippen LogP contribution in [-0.2, 0) is 20.1 Å². The molecule has 0 saturated carbocycles. The molecule has 166 valence electrons. The average Bonchev–Trinajstić information content (AvgIpc) is 3.33. The molecule has 0 radical (unpaired) electrons. The Kier molecular flexibility index (Phi) is 7.30. The minimum atomic E-state index is -0.00602. The summed E-state index contributed by atoms with van der Waals surface area (Å²) >= 11 is 0. The second-order valence-corrected chi connectivity index (χ2v) is 7.94. The molecular weight excluding hydrogens is 402 g/mol. The average molecular weight is 432 g/mol. The van der Waals surface area contributed by atoms with Crippen molar-refractivity contribution in [1.29, 1.82) is 0 Å². The van der Waals surface area contributed by atoms with Gasteiger partial charge in [-0.3, -0.25) is 14.7 Å². The summed E-state index contributed by atoms with van der Waals surface area (Å²) in [7, 11) is 1.79. The van der Waals surface area contributed by atoms with E-state index in [1.54, 1.807) is 17.7 Å². The number of benzene rings is 1. The third-order valence-corrected chi connectivity index (χ3v) is 5.59. The largest absolute Gasteiger partial charge is 0.494 e. The van der Waals surface area contributed by atoms with Crippen molar-refractivity contribution in [2.45, 2.75) is 25.9 Å². The highest BCUT2D eigenvalue weighted by molar-refractivity contribution is 5.80. The van der Waals surface area contributed by atoms with Crippen molar-refractivity contribution in [3.63, 3.8) is 0 Å². The van der Waals surface area contributed by atoms with Crippen molar-refractivity contribution >= 4 is 10.9 Å². The van der Waals surface area contributed by atoms with Gasteiger partial charge in [0.25, 0.3) is 5.56 Å². The van der Waals surface area contributed by atoms with Gasteiger partial charge in [0.1, 0.15) is 5.75 Å². The number of aromatic nitrogens is 4. The quantitative estimate of drug-likeness (QED) is 0.340. The number of hydrogen-bond acceptors (Lipinski definition) is 5. The summed E-state index contributed by atoms with van der Waals surface area (Å²) < 4.78 is 9.78. The highest BCUT2D eigenvalue weighted by atomic mass is 16.5. The first-order valence-corrected chi connectivity index (χ1v) is 11.0. The van der Waals surface area contributed by atoms with Crippen LogP contribution in [0.3, 0.4) is 0 Å². The van der Waals surface area contributed by atoms with Gasteiger partial charge >= 0.3 is 0 Å². The first-order valence-electron chi connectivity index (χ1n) is 11.0. The number of rotatable bonds is 11. The number of hydrogen-bond donors (Lipinski definition) is 0. The van der Waals surface area contributed by atoms with Gasteiger partial charge in [-0.1, -0.05) is 0 Å². The molecule has 4 aromatic rings. The van der Waals surface area contributed by atoms with Gasteiger partial charge < -0.3 is 13.9 Å². The highest BCUT2D eigenvalue weighted by Crippen LogP contribution is 2.19. The normalized spacial score (nSPS) is 11.3. The van der Waals surface area contributed by atoms with Crippen molar-refractivity contribution < 1.29 is 4.74 Å². The lowest BCUT2D eigenvalue weighted by atomic mass is 10.2. The SMILES string of the molecule is Cn1c(=O)ccc2cc(OCCCN(CCCn3ccnc3)Cc3ccncc3)ccc21. The molecule has 1 aromatic carbocycles. The highest BCUT2D eigenvalue weighted by Gasteiger charge is 2.07. The van der Waals surface area contributed by atoms with E-state index in [0.29, 0.717) is 6.61 Å². The van der Waals surface area contributed by atoms with Gasteiger partial charge in [0.05, 0.1) is 18.5 Å². The Balaban J connectivity index is 1.30. The Morgan fingerprint density at radius 1 is 0.969 bits per heavy atom. The lowest BCUT2D eigenvalue weighted by molar-refractivity contribution is 0.223. The van der Waals surface area contributed by atoms with Crippen LogP contribution >= 0.6 is 0 Å². The number of ether oxygens (including phenoxy) is 1. The van der Waals surface area contributed by atoms with Crippen LogP contribution in [0.1, 0.15) is 18.4 Å². The zero-order chi connectivity index (χ0) is 22.2.